The third-order valence-electron chi connectivity index (χ3n) is 2.30. The highest BCUT2D eigenvalue weighted by Gasteiger charge is 2.02. The van der Waals surface area contributed by atoms with Gasteiger partial charge < -0.3 is 9.58 Å². The van der Waals surface area contributed by atoms with Crippen LogP contribution >= 0.6 is 0 Å². The van der Waals surface area contributed by atoms with E-state index in [1.165, 1.54) is 0 Å². The van der Waals surface area contributed by atoms with Crippen LogP contribution in [0.1, 0.15) is 12.6 Å². The van der Waals surface area contributed by atoms with Gasteiger partial charge in [-0.25, -0.2) is 11.3 Å². The molecular formula is C13H13N3O. The average molecular weight is 227 g/mol. The maximum atomic E-state index is 6.79. The van der Waals surface area contributed by atoms with Crippen molar-refractivity contribution in [2.24, 2.45) is 0 Å². The van der Waals surface area contributed by atoms with Crippen LogP contribution in [0.15, 0.2) is 36.5 Å². The van der Waals surface area contributed by atoms with Gasteiger partial charge in [0.25, 0.3) is 6.54 Å². The van der Waals surface area contributed by atoms with E-state index in [4.69, 9.17) is 11.3 Å². The van der Waals surface area contributed by atoms with Crippen molar-refractivity contribution in [1.29, 1.82) is 0 Å². The molecule has 0 unspecified atom stereocenters. The summed E-state index contributed by atoms with van der Waals surface area (Å²) < 4.78 is 7.13. The minimum absolute atomic E-state index is 0.323. The summed E-state index contributed by atoms with van der Waals surface area (Å²) in [4.78, 5) is 3.31. The first kappa shape index (κ1) is 11.2. The van der Waals surface area contributed by atoms with Gasteiger partial charge in [0.1, 0.15) is 11.4 Å². The van der Waals surface area contributed by atoms with Crippen molar-refractivity contribution in [3.05, 3.63) is 53.6 Å². The van der Waals surface area contributed by atoms with E-state index in [1.807, 2.05) is 43.5 Å². The Bertz CT molecular complexity index is 522. The second kappa shape index (κ2) is 5.17. The Balaban J connectivity index is 2.18. The largest absolute Gasteiger partial charge is 0.494 e. The maximum absolute atomic E-state index is 6.79. The van der Waals surface area contributed by atoms with Crippen molar-refractivity contribution in [2.75, 3.05) is 6.61 Å². The van der Waals surface area contributed by atoms with Gasteiger partial charge in [-0.3, -0.25) is 0 Å². The zero-order chi connectivity index (χ0) is 12.1. The molecule has 0 aliphatic heterocycles. The second-order valence-electron chi connectivity index (χ2n) is 3.49. The molecule has 86 valence electrons. The summed E-state index contributed by atoms with van der Waals surface area (Å²) in [6, 6.07) is 9.57. The molecule has 0 fully saturated rings. The van der Waals surface area contributed by atoms with E-state index >= 15 is 0 Å². The minimum Gasteiger partial charge on any atom is -0.494 e. The van der Waals surface area contributed by atoms with Crippen molar-refractivity contribution in [2.45, 2.75) is 13.5 Å². The fraction of sp³-hybridized carbons (Fsp3) is 0.231. The molecule has 0 radical (unpaired) electrons. The zero-order valence-electron chi connectivity index (χ0n) is 9.63. The molecule has 1 heterocycles. The zero-order valence-corrected chi connectivity index (χ0v) is 9.63. The van der Waals surface area contributed by atoms with Gasteiger partial charge in [0, 0.05) is 6.20 Å². The highest BCUT2D eigenvalue weighted by Crippen LogP contribution is 2.15. The first-order valence-corrected chi connectivity index (χ1v) is 5.44. The van der Waals surface area contributed by atoms with Crippen LogP contribution in [0.3, 0.4) is 0 Å². The van der Waals surface area contributed by atoms with Crippen LogP contribution in [-0.2, 0) is 6.54 Å². The molecule has 0 saturated heterocycles. The predicted octanol–water partition coefficient (Wildman–Crippen LogP) is 2.69. The number of aromatic nitrogens is 2. The third-order valence-corrected chi connectivity index (χ3v) is 2.30. The molecule has 0 N–H and O–H groups in total. The number of benzene rings is 1. The normalized spacial score (nSPS) is 9.88. The second-order valence-corrected chi connectivity index (χ2v) is 3.49. The molecule has 4 nitrogen and oxygen atoms in total. The molecule has 1 aromatic carbocycles. The molecule has 0 aliphatic carbocycles. The summed E-state index contributed by atoms with van der Waals surface area (Å²) in [6.45, 7) is 9.73. The number of hydrogen-bond donors (Lipinski definition) is 0. The van der Waals surface area contributed by atoms with Crippen LogP contribution in [0.4, 0.5) is 0 Å². The fourth-order valence-corrected chi connectivity index (χ4v) is 1.53. The van der Waals surface area contributed by atoms with Gasteiger partial charge in [0.05, 0.1) is 12.3 Å². The molecular weight excluding hydrogens is 214 g/mol. The molecule has 0 spiro atoms. The van der Waals surface area contributed by atoms with Crippen molar-refractivity contribution in [3.63, 3.8) is 0 Å². The number of hydrogen-bond acceptors (Lipinski definition) is 2. The van der Waals surface area contributed by atoms with Gasteiger partial charge in [-0.15, -0.1) is 0 Å². The van der Waals surface area contributed by atoms with E-state index in [1.54, 1.807) is 4.68 Å². The smallest absolute Gasteiger partial charge is 0.258 e. The molecule has 2 aromatic rings. The molecule has 0 aliphatic rings. The summed E-state index contributed by atoms with van der Waals surface area (Å²) in [5.74, 6) is 0.852. The Morgan fingerprint density at radius 2 is 2.06 bits per heavy atom. The van der Waals surface area contributed by atoms with Crippen LogP contribution in [0.5, 0.6) is 5.75 Å². The topological polar surface area (TPSA) is 31.4 Å². The molecule has 17 heavy (non-hydrogen) atoms. The van der Waals surface area contributed by atoms with E-state index < -0.39 is 0 Å². The van der Waals surface area contributed by atoms with Crippen LogP contribution in [0.25, 0.3) is 10.5 Å². The van der Waals surface area contributed by atoms with Crippen LogP contribution in [0.2, 0.25) is 0 Å². The van der Waals surface area contributed by atoms with E-state index in [0.29, 0.717) is 13.2 Å². The minimum atomic E-state index is 0.323. The third kappa shape index (κ3) is 2.64. The Labute approximate surface area is 100 Å². The standard InChI is InChI=1S/C13H13N3O/c1-3-17-13-6-4-12(5-7-13)16-9-8-11(15-16)10-14-2/h4-9H,3,10H2,1H3. The lowest BCUT2D eigenvalue weighted by Crippen LogP contribution is -1.96. The van der Waals surface area contributed by atoms with Gasteiger partial charge in [-0.1, -0.05) is 0 Å². The van der Waals surface area contributed by atoms with E-state index in [9.17, 15) is 0 Å². The molecule has 1 aromatic heterocycles. The number of ether oxygens (including phenoxy) is 1. The highest BCUT2D eigenvalue weighted by atomic mass is 16.5. The average Bonchev–Trinajstić information content (AvgIpc) is 2.80. The fourth-order valence-electron chi connectivity index (χ4n) is 1.53. The summed E-state index contributed by atoms with van der Waals surface area (Å²) in [7, 11) is 0. The van der Waals surface area contributed by atoms with Gasteiger partial charge in [0.15, 0.2) is 0 Å². The van der Waals surface area contributed by atoms with Crippen LogP contribution in [-0.4, -0.2) is 16.4 Å². The van der Waals surface area contributed by atoms with Gasteiger partial charge in [0.2, 0.25) is 0 Å². The Morgan fingerprint density at radius 1 is 1.29 bits per heavy atom. The quantitative estimate of drug-likeness (QED) is 0.752. The van der Waals surface area contributed by atoms with E-state index in [0.717, 1.165) is 17.1 Å². The van der Waals surface area contributed by atoms with Gasteiger partial charge >= 0.3 is 0 Å². The molecule has 0 atom stereocenters. The molecule has 0 amide bonds. The van der Waals surface area contributed by atoms with Crippen molar-refractivity contribution < 1.29 is 4.74 Å². The SMILES string of the molecule is [C-]#[N+]Cc1ccn(-c2ccc(OCC)cc2)n1. The monoisotopic (exact) mass is 227 g/mol. The molecule has 0 saturated carbocycles. The first-order chi connectivity index (χ1) is 8.33. The number of rotatable bonds is 4. The van der Waals surface area contributed by atoms with Crippen LogP contribution in [0, 0.1) is 6.57 Å². The summed E-state index contributed by atoms with van der Waals surface area (Å²) in [6.07, 6.45) is 1.86. The van der Waals surface area contributed by atoms with Crippen LogP contribution < -0.4 is 4.74 Å². The summed E-state index contributed by atoms with van der Waals surface area (Å²) in [5.41, 5.74) is 1.75. The van der Waals surface area contributed by atoms with E-state index in [2.05, 4.69) is 9.94 Å². The van der Waals surface area contributed by atoms with Crippen molar-refractivity contribution in [1.82, 2.24) is 9.78 Å². The molecule has 4 heteroatoms. The lowest BCUT2D eigenvalue weighted by atomic mass is 10.3. The Kier molecular flexibility index (Phi) is 3.41. The lowest BCUT2D eigenvalue weighted by Gasteiger charge is -2.04. The Hall–Kier alpha value is -2.28. The van der Waals surface area contributed by atoms with Crippen molar-refractivity contribution in [3.8, 4) is 11.4 Å². The number of nitrogens with zero attached hydrogens (tertiary/aromatic N) is 3. The highest BCUT2D eigenvalue weighted by molar-refractivity contribution is 5.36. The first-order valence-electron chi connectivity index (χ1n) is 5.44. The molecule has 2 rings (SSSR count). The van der Waals surface area contributed by atoms with Gasteiger partial charge in [-0.2, -0.15) is 5.10 Å². The maximum Gasteiger partial charge on any atom is 0.258 e. The van der Waals surface area contributed by atoms with E-state index in [-0.39, 0.29) is 0 Å². The molecule has 0 bridgehead atoms. The summed E-state index contributed by atoms with van der Waals surface area (Å²) >= 11 is 0. The Morgan fingerprint density at radius 3 is 2.71 bits per heavy atom. The van der Waals surface area contributed by atoms with Crippen molar-refractivity contribution >= 4 is 0 Å². The lowest BCUT2D eigenvalue weighted by molar-refractivity contribution is 0.340. The van der Waals surface area contributed by atoms with Gasteiger partial charge in [-0.05, 0) is 37.3 Å². The summed E-state index contributed by atoms with van der Waals surface area (Å²) in [5, 5.41) is 4.31. The predicted molar refractivity (Wildman–Crippen MR) is 65.0 cm³/mol.